The van der Waals surface area contributed by atoms with Crippen LogP contribution in [-0.2, 0) is 11.0 Å². The highest BCUT2D eigenvalue weighted by molar-refractivity contribution is 5.97. The second-order valence-corrected chi connectivity index (χ2v) is 8.19. The van der Waals surface area contributed by atoms with Crippen molar-refractivity contribution < 1.29 is 22.8 Å². The highest BCUT2D eigenvalue weighted by Crippen LogP contribution is 2.31. The van der Waals surface area contributed by atoms with Crippen LogP contribution in [0.1, 0.15) is 48.2 Å². The van der Waals surface area contributed by atoms with Crippen molar-refractivity contribution in [1.29, 1.82) is 0 Å². The summed E-state index contributed by atoms with van der Waals surface area (Å²) < 4.78 is 38.8. The standard InChI is InChI=1S/C22H26F3N5O2/c1-13(2)20(31)29-18-10-15(6-7-26-18)21(32)28-17-5-4-8-30(12-17)19-14(3)9-16(11-27-19)22(23,24)25/h6-7,9-11,13,17H,4-5,8,12H2,1-3H3,(H,28,32)(H,26,29,31). The van der Waals surface area contributed by atoms with E-state index in [9.17, 15) is 22.8 Å². The second kappa shape index (κ2) is 9.54. The van der Waals surface area contributed by atoms with Gasteiger partial charge in [-0.25, -0.2) is 9.97 Å². The number of aromatic nitrogens is 2. The number of nitrogens with zero attached hydrogens (tertiary/aromatic N) is 3. The molecule has 1 atom stereocenters. The SMILES string of the molecule is Cc1cc(C(F)(F)F)cnc1N1CCCC(NC(=O)c2ccnc(NC(=O)C(C)C)c2)C1. The van der Waals surface area contributed by atoms with Crippen molar-refractivity contribution in [2.75, 3.05) is 23.3 Å². The maximum atomic E-state index is 12.9. The lowest BCUT2D eigenvalue weighted by Crippen LogP contribution is -2.48. The quantitative estimate of drug-likeness (QED) is 0.725. The highest BCUT2D eigenvalue weighted by atomic mass is 19.4. The number of carbonyl (C=O) groups excluding carboxylic acids is 2. The van der Waals surface area contributed by atoms with Crippen LogP contribution >= 0.6 is 0 Å². The monoisotopic (exact) mass is 449 g/mol. The summed E-state index contributed by atoms with van der Waals surface area (Å²) in [5.41, 5.74) is 0.0187. The van der Waals surface area contributed by atoms with Crippen molar-refractivity contribution in [3.8, 4) is 0 Å². The number of amides is 2. The summed E-state index contributed by atoms with van der Waals surface area (Å²) in [5, 5.41) is 5.63. The summed E-state index contributed by atoms with van der Waals surface area (Å²) >= 11 is 0. The first-order valence-electron chi connectivity index (χ1n) is 10.4. The van der Waals surface area contributed by atoms with Gasteiger partial charge in [-0.2, -0.15) is 13.2 Å². The van der Waals surface area contributed by atoms with Crippen molar-refractivity contribution in [2.24, 2.45) is 5.92 Å². The molecule has 2 amide bonds. The molecule has 2 aromatic rings. The van der Waals surface area contributed by atoms with Crippen molar-refractivity contribution in [1.82, 2.24) is 15.3 Å². The fourth-order valence-electron chi connectivity index (χ4n) is 3.52. The molecule has 0 bridgehead atoms. The van der Waals surface area contributed by atoms with E-state index < -0.39 is 11.7 Å². The van der Waals surface area contributed by atoms with Crippen LogP contribution in [0.5, 0.6) is 0 Å². The number of hydrogen-bond acceptors (Lipinski definition) is 5. The molecule has 3 rings (SSSR count). The molecular weight excluding hydrogens is 423 g/mol. The predicted octanol–water partition coefficient (Wildman–Crippen LogP) is 3.80. The van der Waals surface area contributed by atoms with Crippen LogP contribution in [0.25, 0.3) is 0 Å². The van der Waals surface area contributed by atoms with Crippen LogP contribution < -0.4 is 15.5 Å². The van der Waals surface area contributed by atoms with Crippen LogP contribution in [0.2, 0.25) is 0 Å². The van der Waals surface area contributed by atoms with Crippen LogP contribution in [0.4, 0.5) is 24.8 Å². The number of rotatable bonds is 5. The van der Waals surface area contributed by atoms with Gasteiger partial charge in [0.2, 0.25) is 5.91 Å². The second-order valence-electron chi connectivity index (χ2n) is 8.19. The summed E-state index contributed by atoms with van der Waals surface area (Å²) in [5.74, 6) is 0.0595. The zero-order valence-electron chi connectivity index (χ0n) is 18.2. The van der Waals surface area contributed by atoms with E-state index in [1.807, 2.05) is 4.90 Å². The zero-order valence-corrected chi connectivity index (χ0v) is 18.2. The lowest BCUT2D eigenvalue weighted by atomic mass is 10.0. The topological polar surface area (TPSA) is 87.2 Å². The van der Waals surface area contributed by atoms with Gasteiger partial charge in [-0.3, -0.25) is 9.59 Å². The first-order chi connectivity index (χ1) is 15.0. The van der Waals surface area contributed by atoms with Gasteiger partial charge < -0.3 is 15.5 Å². The Bertz CT molecular complexity index is 994. The van der Waals surface area contributed by atoms with E-state index >= 15 is 0 Å². The van der Waals surface area contributed by atoms with Crippen LogP contribution in [-0.4, -0.2) is 40.9 Å². The number of alkyl halides is 3. The molecule has 3 heterocycles. The molecule has 10 heteroatoms. The fourth-order valence-corrected chi connectivity index (χ4v) is 3.52. The normalized spacial score (nSPS) is 16.7. The molecule has 2 aromatic heterocycles. The molecule has 1 fully saturated rings. The Hall–Kier alpha value is -3.17. The van der Waals surface area contributed by atoms with Gasteiger partial charge in [-0.05, 0) is 43.5 Å². The molecule has 7 nitrogen and oxygen atoms in total. The summed E-state index contributed by atoms with van der Waals surface area (Å²) in [4.78, 5) is 34.6. The molecule has 1 unspecified atom stereocenters. The number of piperidine rings is 1. The van der Waals surface area contributed by atoms with Crippen LogP contribution in [0.15, 0.2) is 30.6 Å². The van der Waals surface area contributed by atoms with Crippen molar-refractivity contribution in [3.05, 3.63) is 47.3 Å². The van der Waals surface area contributed by atoms with E-state index in [1.54, 1.807) is 26.8 Å². The third-order valence-electron chi connectivity index (χ3n) is 5.23. The summed E-state index contributed by atoms with van der Waals surface area (Å²) in [6.45, 7) is 6.20. The van der Waals surface area contributed by atoms with E-state index in [2.05, 4.69) is 20.6 Å². The molecule has 0 aliphatic carbocycles. The van der Waals surface area contributed by atoms with Gasteiger partial charge in [-0.1, -0.05) is 13.8 Å². The highest BCUT2D eigenvalue weighted by Gasteiger charge is 2.32. The number of anilines is 2. The third-order valence-corrected chi connectivity index (χ3v) is 5.23. The minimum Gasteiger partial charge on any atom is -0.354 e. The average Bonchev–Trinajstić information content (AvgIpc) is 2.73. The predicted molar refractivity (Wildman–Crippen MR) is 114 cm³/mol. The Kier molecular flexibility index (Phi) is 7.00. The maximum Gasteiger partial charge on any atom is 0.417 e. The molecule has 1 aliphatic rings. The van der Waals surface area contributed by atoms with Crippen LogP contribution in [0, 0.1) is 12.8 Å². The number of aryl methyl sites for hydroxylation is 1. The molecule has 1 saturated heterocycles. The minimum atomic E-state index is -4.44. The van der Waals surface area contributed by atoms with Gasteiger partial charge in [0, 0.05) is 43.0 Å². The lowest BCUT2D eigenvalue weighted by molar-refractivity contribution is -0.137. The number of pyridine rings is 2. The number of halogens is 3. The van der Waals surface area contributed by atoms with E-state index in [0.717, 1.165) is 25.1 Å². The molecule has 1 aliphatic heterocycles. The van der Waals surface area contributed by atoms with Crippen LogP contribution in [0.3, 0.4) is 0 Å². The van der Waals surface area contributed by atoms with E-state index in [-0.39, 0.29) is 23.8 Å². The van der Waals surface area contributed by atoms with Gasteiger partial charge in [-0.15, -0.1) is 0 Å². The van der Waals surface area contributed by atoms with E-state index in [1.165, 1.54) is 12.3 Å². The summed E-state index contributed by atoms with van der Waals surface area (Å²) in [6, 6.07) is 3.97. The molecule has 0 aromatic carbocycles. The fraction of sp³-hybridized carbons (Fsp3) is 0.455. The van der Waals surface area contributed by atoms with Crippen molar-refractivity contribution in [3.63, 3.8) is 0 Å². The molecule has 172 valence electrons. The van der Waals surface area contributed by atoms with Gasteiger partial charge >= 0.3 is 6.18 Å². The Labute approximate surface area is 184 Å². The number of carbonyl (C=O) groups is 2. The Morgan fingerprint density at radius 2 is 1.97 bits per heavy atom. The Balaban J connectivity index is 1.66. The minimum absolute atomic E-state index is 0.193. The van der Waals surface area contributed by atoms with Gasteiger partial charge in [0.15, 0.2) is 0 Å². The van der Waals surface area contributed by atoms with E-state index in [4.69, 9.17) is 0 Å². The van der Waals surface area contributed by atoms with Crippen molar-refractivity contribution in [2.45, 2.75) is 45.8 Å². The molecule has 0 spiro atoms. The molecule has 32 heavy (non-hydrogen) atoms. The molecule has 0 radical (unpaired) electrons. The van der Waals surface area contributed by atoms with Gasteiger partial charge in [0.25, 0.3) is 5.91 Å². The zero-order chi connectivity index (χ0) is 23.5. The Morgan fingerprint density at radius 1 is 1.22 bits per heavy atom. The van der Waals surface area contributed by atoms with Crippen molar-refractivity contribution >= 4 is 23.5 Å². The number of hydrogen-bond donors (Lipinski definition) is 2. The summed E-state index contributed by atoms with van der Waals surface area (Å²) in [7, 11) is 0. The third kappa shape index (κ3) is 5.74. The smallest absolute Gasteiger partial charge is 0.354 e. The first-order valence-corrected chi connectivity index (χ1v) is 10.4. The van der Waals surface area contributed by atoms with Gasteiger partial charge in [0.05, 0.1) is 5.56 Å². The molecular formula is C22H26F3N5O2. The lowest BCUT2D eigenvalue weighted by Gasteiger charge is -2.34. The molecule has 0 saturated carbocycles. The Morgan fingerprint density at radius 3 is 2.62 bits per heavy atom. The first kappa shape index (κ1) is 23.5. The largest absolute Gasteiger partial charge is 0.417 e. The van der Waals surface area contributed by atoms with E-state index in [0.29, 0.717) is 35.9 Å². The average molecular weight is 449 g/mol. The summed E-state index contributed by atoms with van der Waals surface area (Å²) in [6.07, 6.45) is -0.641. The van der Waals surface area contributed by atoms with Gasteiger partial charge in [0.1, 0.15) is 11.6 Å². The maximum absolute atomic E-state index is 12.9. The molecule has 2 N–H and O–H groups in total. The number of nitrogens with one attached hydrogen (secondary N) is 2.